The molecule has 0 atom stereocenters. The van der Waals surface area contributed by atoms with Crippen LogP contribution in [0.1, 0.15) is 44.6 Å². The monoisotopic (exact) mass is 349 g/mol. The summed E-state index contributed by atoms with van der Waals surface area (Å²) in [6.45, 7) is 3.65. The fourth-order valence-corrected chi connectivity index (χ4v) is 2.59. The van der Waals surface area contributed by atoms with Crippen molar-refractivity contribution in [2.45, 2.75) is 45.6 Å². The highest BCUT2D eigenvalue weighted by Gasteiger charge is 2.01. The van der Waals surface area contributed by atoms with Gasteiger partial charge in [-0.3, -0.25) is 0 Å². The molecular formula is C20H25ClFNO. The molecule has 0 bridgehead atoms. The summed E-state index contributed by atoms with van der Waals surface area (Å²) >= 11 is 5.77. The summed E-state index contributed by atoms with van der Waals surface area (Å²) in [7, 11) is 0. The lowest BCUT2D eigenvalue weighted by molar-refractivity contribution is 0.304. The third-order valence-corrected chi connectivity index (χ3v) is 4.15. The molecule has 0 aliphatic heterocycles. The first-order valence-corrected chi connectivity index (χ1v) is 8.97. The molecule has 0 saturated heterocycles. The largest absolute Gasteiger partial charge is 0.494 e. The van der Waals surface area contributed by atoms with Gasteiger partial charge in [-0.05, 0) is 42.3 Å². The third-order valence-electron chi connectivity index (χ3n) is 3.86. The Bertz CT molecular complexity index is 616. The van der Waals surface area contributed by atoms with Gasteiger partial charge in [-0.15, -0.1) is 0 Å². The van der Waals surface area contributed by atoms with E-state index in [1.165, 1.54) is 31.7 Å². The van der Waals surface area contributed by atoms with Crippen molar-refractivity contribution in [2.75, 3.05) is 11.9 Å². The van der Waals surface area contributed by atoms with Gasteiger partial charge in [0.05, 0.1) is 11.6 Å². The average molecular weight is 350 g/mol. The van der Waals surface area contributed by atoms with Crippen molar-refractivity contribution in [3.63, 3.8) is 0 Å². The molecule has 24 heavy (non-hydrogen) atoms. The van der Waals surface area contributed by atoms with E-state index in [1.54, 1.807) is 12.1 Å². The molecule has 0 spiro atoms. The minimum absolute atomic E-state index is 0.127. The Morgan fingerprint density at radius 3 is 2.46 bits per heavy atom. The Balaban J connectivity index is 1.72. The van der Waals surface area contributed by atoms with E-state index in [4.69, 9.17) is 16.3 Å². The van der Waals surface area contributed by atoms with Crippen molar-refractivity contribution >= 4 is 17.3 Å². The first-order valence-electron chi connectivity index (χ1n) is 8.59. The Kier molecular flexibility index (Phi) is 7.90. The Morgan fingerprint density at radius 1 is 1.00 bits per heavy atom. The second-order valence-corrected chi connectivity index (χ2v) is 6.30. The lowest BCUT2D eigenvalue weighted by Crippen LogP contribution is -2.00. The van der Waals surface area contributed by atoms with Crippen LogP contribution >= 0.6 is 11.6 Å². The van der Waals surface area contributed by atoms with Gasteiger partial charge in [0.15, 0.2) is 0 Å². The summed E-state index contributed by atoms with van der Waals surface area (Å²) in [5, 5.41) is 3.36. The second-order valence-electron chi connectivity index (χ2n) is 5.89. The zero-order valence-electron chi connectivity index (χ0n) is 14.2. The van der Waals surface area contributed by atoms with Crippen molar-refractivity contribution in [2.24, 2.45) is 0 Å². The molecule has 130 valence electrons. The maximum Gasteiger partial charge on any atom is 0.141 e. The van der Waals surface area contributed by atoms with Crippen LogP contribution in [0.5, 0.6) is 5.75 Å². The fraction of sp³-hybridized carbons (Fsp3) is 0.400. The smallest absolute Gasteiger partial charge is 0.141 e. The van der Waals surface area contributed by atoms with Crippen LogP contribution in [0.2, 0.25) is 5.02 Å². The van der Waals surface area contributed by atoms with Crippen LogP contribution in [0.15, 0.2) is 42.5 Å². The summed E-state index contributed by atoms with van der Waals surface area (Å²) in [6.07, 6.45) is 6.20. The minimum Gasteiger partial charge on any atom is -0.494 e. The minimum atomic E-state index is -0.404. The van der Waals surface area contributed by atoms with Gasteiger partial charge in [0.1, 0.15) is 11.6 Å². The molecule has 2 aromatic rings. The van der Waals surface area contributed by atoms with Crippen LogP contribution in [-0.2, 0) is 6.54 Å². The molecule has 2 nitrogen and oxygen atoms in total. The SMILES string of the molecule is CCCCCCCOc1ccc(CNc2ccc(F)c(Cl)c2)cc1. The highest BCUT2D eigenvalue weighted by Crippen LogP contribution is 2.20. The Hall–Kier alpha value is -1.74. The second kappa shape index (κ2) is 10.2. The van der Waals surface area contributed by atoms with Crippen molar-refractivity contribution in [3.8, 4) is 5.75 Å². The number of anilines is 1. The molecule has 0 fully saturated rings. The summed E-state index contributed by atoms with van der Waals surface area (Å²) in [5.41, 5.74) is 1.93. The van der Waals surface area contributed by atoms with E-state index in [9.17, 15) is 4.39 Å². The quantitative estimate of drug-likeness (QED) is 0.498. The van der Waals surface area contributed by atoms with Gasteiger partial charge < -0.3 is 10.1 Å². The summed E-state index contributed by atoms with van der Waals surface area (Å²) in [6, 6.07) is 12.7. The number of hydrogen-bond acceptors (Lipinski definition) is 2. The molecule has 0 aromatic heterocycles. The molecule has 2 aromatic carbocycles. The third kappa shape index (κ3) is 6.40. The predicted octanol–water partition coefficient (Wildman–Crippen LogP) is 6.44. The van der Waals surface area contributed by atoms with Gasteiger partial charge in [0.2, 0.25) is 0 Å². The topological polar surface area (TPSA) is 21.3 Å². The van der Waals surface area contributed by atoms with E-state index in [-0.39, 0.29) is 5.02 Å². The highest BCUT2D eigenvalue weighted by molar-refractivity contribution is 6.31. The van der Waals surface area contributed by atoms with Crippen LogP contribution < -0.4 is 10.1 Å². The standard InChI is InChI=1S/C20H25ClFNO/c1-2-3-4-5-6-13-24-18-10-7-16(8-11-18)15-23-17-9-12-20(22)19(21)14-17/h7-12,14,23H,2-6,13,15H2,1H3. The number of nitrogens with one attached hydrogen (secondary N) is 1. The number of rotatable bonds is 10. The Labute approximate surface area is 149 Å². The van der Waals surface area contributed by atoms with Crippen LogP contribution in [0.4, 0.5) is 10.1 Å². The first-order chi connectivity index (χ1) is 11.7. The summed E-state index contributed by atoms with van der Waals surface area (Å²) < 4.78 is 18.9. The number of hydrogen-bond donors (Lipinski definition) is 1. The van der Waals surface area contributed by atoms with Gasteiger partial charge in [-0.25, -0.2) is 4.39 Å². The zero-order valence-corrected chi connectivity index (χ0v) is 14.9. The van der Waals surface area contributed by atoms with Crippen LogP contribution in [0, 0.1) is 5.82 Å². The van der Waals surface area contributed by atoms with Crippen LogP contribution in [0.25, 0.3) is 0 Å². The van der Waals surface area contributed by atoms with Crippen molar-refractivity contribution in [1.82, 2.24) is 0 Å². The Morgan fingerprint density at radius 2 is 1.75 bits per heavy atom. The van der Waals surface area contributed by atoms with Crippen LogP contribution in [0.3, 0.4) is 0 Å². The maximum atomic E-state index is 13.1. The normalized spacial score (nSPS) is 10.6. The van der Waals surface area contributed by atoms with Crippen LogP contribution in [-0.4, -0.2) is 6.61 Å². The molecule has 0 radical (unpaired) electrons. The molecule has 0 amide bonds. The van der Waals surface area contributed by atoms with E-state index in [0.29, 0.717) is 6.54 Å². The summed E-state index contributed by atoms with van der Waals surface area (Å²) in [5.74, 6) is 0.498. The lowest BCUT2D eigenvalue weighted by atomic mass is 10.2. The molecule has 0 saturated carbocycles. The van der Waals surface area contributed by atoms with Crippen molar-refractivity contribution in [3.05, 3.63) is 58.9 Å². The van der Waals surface area contributed by atoms with E-state index in [0.717, 1.165) is 30.0 Å². The van der Waals surface area contributed by atoms with E-state index >= 15 is 0 Å². The molecule has 2 rings (SSSR count). The number of ether oxygens (including phenoxy) is 1. The summed E-state index contributed by atoms with van der Waals surface area (Å²) in [4.78, 5) is 0. The van der Waals surface area contributed by atoms with Gasteiger partial charge >= 0.3 is 0 Å². The molecular weight excluding hydrogens is 325 g/mol. The van der Waals surface area contributed by atoms with Gasteiger partial charge in [-0.1, -0.05) is 56.3 Å². The molecule has 0 aliphatic carbocycles. The predicted molar refractivity (Wildman–Crippen MR) is 99.4 cm³/mol. The number of unbranched alkanes of at least 4 members (excludes halogenated alkanes) is 4. The van der Waals surface area contributed by atoms with Crippen molar-refractivity contribution in [1.29, 1.82) is 0 Å². The molecule has 0 aliphatic rings. The van der Waals surface area contributed by atoms with E-state index in [1.807, 2.05) is 24.3 Å². The van der Waals surface area contributed by atoms with E-state index < -0.39 is 5.82 Å². The number of halogens is 2. The lowest BCUT2D eigenvalue weighted by Gasteiger charge is -2.09. The molecule has 0 heterocycles. The highest BCUT2D eigenvalue weighted by atomic mass is 35.5. The maximum absolute atomic E-state index is 13.1. The molecule has 4 heteroatoms. The van der Waals surface area contributed by atoms with E-state index in [2.05, 4.69) is 12.2 Å². The van der Waals surface area contributed by atoms with Gasteiger partial charge in [0.25, 0.3) is 0 Å². The van der Waals surface area contributed by atoms with Gasteiger partial charge in [-0.2, -0.15) is 0 Å². The van der Waals surface area contributed by atoms with Crippen molar-refractivity contribution < 1.29 is 9.13 Å². The molecule has 1 N–H and O–H groups in total. The first kappa shape index (κ1) is 18.6. The zero-order chi connectivity index (χ0) is 17.2. The molecule has 0 unspecified atom stereocenters. The average Bonchev–Trinajstić information content (AvgIpc) is 2.60. The van der Waals surface area contributed by atoms with Gasteiger partial charge in [0, 0.05) is 12.2 Å². The fourth-order valence-electron chi connectivity index (χ4n) is 2.41. The number of benzene rings is 2.